The highest BCUT2D eigenvalue weighted by Gasteiger charge is 2.08. The lowest BCUT2D eigenvalue weighted by Gasteiger charge is -2.13. The second kappa shape index (κ2) is 10.3. The van der Waals surface area contributed by atoms with Gasteiger partial charge in [-0.2, -0.15) is 0 Å². The molecule has 0 fully saturated rings. The SMILES string of the molecule is CC=Cc1ccc(Oc2ccc(C(=CCCC)c3ccccc3)cc2)c(OC)c1. The van der Waals surface area contributed by atoms with Gasteiger partial charge in [-0.3, -0.25) is 0 Å². The van der Waals surface area contributed by atoms with Gasteiger partial charge in [-0.25, -0.2) is 0 Å². The van der Waals surface area contributed by atoms with Crippen LogP contribution in [0.4, 0.5) is 0 Å². The highest BCUT2D eigenvalue weighted by Crippen LogP contribution is 2.34. The van der Waals surface area contributed by atoms with Gasteiger partial charge >= 0.3 is 0 Å². The summed E-state index contributed by atoms with van der Waals surface area (Å²) in [4.78, 5) is 0. The molecule has 148 valence electrons. The van der Waals surface area contributed by atoms with Crippen molar-refractivity contribution in [2.24, 2.45) is 0 Å². The molecule has 0 heterocycles. The predicted octanol–water partition coefficient (Wildman–Crippen LogP) is 7.75. The maximum atomic E-state index is 6.09. The van der Waals surface area contributed by atoms with Gasteiger partial charge in [0.05, 0.1) is 7.11 Å². The van der Waals surface area contributed by atoms with Crippen LogP contribution in [0.2, 0.25) is 0 Å². The third-order valence-electron chi connectivity index (χ3n) is 4.66. The van der Waals surface area contributed by atoms with Crippen LogP contribution in [0.15, 0.2) is 84.9 Å². The lowest BCUT2D eigenvalue weighted by molar-refractivity contribution is 0.379. The summed E-state index contributed by atoms with van der Waals surface area (Å²) >= 11 is 0. The molecule has 3 rings (SSSR count). The Morgan fingerprint density at radius 3 is 2.24 bits per heavy atom. The molecule has 0 atom stereocenters. The summed E-state index contributed by atoms with van der Waals surface area (Å²) in [6, 6.07) is 24.7. The van der Waals surface area contributed by atoms with Crippen LogP contribution in [0.3, 0.4) is 0 Å². The van der Waals surface area contributed by atoms with Crippen molar-refractivity contribution < 1.29 is 9.47 Å². The molecule has 29 heavy (non-hydrogen) atoms. The van der Waals surface area contributed by atoms with Crippen molar-refractivity contribution in [1.82, 2.24) is 0 Å². The molecule has 3 aromatic rings. The number of allylic oxidation sites excluding steroid dienone is 2. The quantitative estimate of drug-likeness (QED) is 0.395. The van der Waals surface area contributed by atoms with Crippen molar-refractivity contribution >= 4 is 11.6 Å². The fraction of sp³-hybridized carbons (Fsp3) is 0.185. The molecule has 0 spiro atoms. The Morgan fingerprint density at radius 2 is 1.59 bits per heavy atom. The minimum absolute atomic E-state index is 0.707. The molecule has 0 amide bonds. The van der Waals surface area contributed by atoms with Crippen molar-refractivity contribution in [1.29, 1.82) is 0 Å². The fourth-order valence-electron chi connectivity index (χ4n) is 3.20. The molecule has 2 heteroatoms. The minimum Gasteiger partial charge on any atom is -0.493 e. The van der Waals surface area contributed by atoms with Gasteiger partial charge in [-0.1, -0.05) is 80.1 Å². The first kappa shape index (κ1) is 20.5. The first-order valence-electron chi connectivity index (χ1n) is 10.1. The Morgan fingerprint density at radius 1 is 0.862 bits per heavy atom. The van der Waals surface area contributed by atoms with Gasteiger partial charge in [0.25, 0.3) is 0 Å². The van der Waals surface area contributed by atoms with Crippen molar-refractivity contribution in [2.75, 3.05) is 7.11 Å². The molecule has 0 aromatic heterocycles. The van der Waals surface area contributed by atoms with Crippen molar-refractivity contribution in [3.05, 3.63) is 102 Å². The number of benzene rings is 3. The van der Waals surface area contributed by atoms with Crippen molar-refractivity contribution in [3.63, 3.8) is 0 Å². The zero-order valence-electron chi connectivity index (χ0n) is 17.4. The smallest absolute Gasteiger partial charge is 0.169 e. The van der Waals surface area contributed by atoms with Crippen molar-refractivity contribution in [2.45, 2.75) is 26.7 Å². The first-order valence-corrected chi connectivity index (χ1v) is 10.1. The van der Waals surface area contributed by atoms with Gasteiger partial charge in [0.1, 0.15) is 5.75 Å². The van der Waals surface area contributed by atoms with Crippen LogP contribution in [0.5, 0.6) is 17.2 Å². The fourth-order valence-corrected chi connectivity index (χ4v) is 3.20. The van der Waals surface area contributed by atoms with Crippen LogP contribution in [0, 0.1) is 0 Å². The number of rotatable bonds is 8. The van der Waals surface area contributed by atoms with Gasteiger partial charge < -0.3 is 9.47 Å². The summed E-state index contributed by atoms with van der Waals surface area (Å²) in [7, 11) is 1.66. The number of hydrogen-bond donors (Lipinski definition) is 0. The molecule has 0 saturated carbocycles. The largest absolute Gasteiger partial charge is 0.493 e. The molecule has 0 N–H and O–H groups in total. The van der Waals surface area contributed by atoms with Crippen LogP contribution in [0.1, 0.15) is 43.4 Å². The van der Waals surface area contributed by atoms with Gasteiger partial charge in [0.15, 0.2) is 11.5 Å². The van der Waals surface area contributed by atoms with E-state index in [-0.39, 0.29) is 0 Å². The van der Waals surface area contributed by atoms with E-state index in [0.717, 1.165) is 29.9 Å². The Balaban J connectivity index is 1.84. The molecule has 0 aliphatic heterocycles. The lowest BCUT2D eigenvalue weighted by atomic mass is 9.96. The van der Waals surface area contributed by atoms with E-state index in [4.69, 9.17) is 9.47 Å². The van der Waals surface area contributed by atoms with E-state index in [2.05, 4.69) is 49.4 Å². The van der Waals surface area contributed by atoms with E-state index < -0.39 is 0 Å². The topological polar surface area (TPSA) is 18.5 Å². The number of hydrogen-bond acceptors (Lipinski definition) is 2. The molecule has 2 nitrogen and oxygen atoms in total. The van der Waals surface area contributed by atoms with E-state index in [0.29, 0.717) is 5.75 Å². The van der Waals surface area contributed by atoms with E-state index in [1.54, 1.807) is 7.11 Å². The van der Waals surface area contributed by atoms with Crippen molar-refractivity contribution in [3.8, 4) is 17.2 Å². The van der Waals surface area contributed by atoms with E-state index in [9.17, 15) is 0 Å². The molecule has 3 aromatic carbocycles. The number of unbranched alkanes of at least 4 members (excludes halogenated alkanes) is 1. The second-order valence-corrected chi connectivity index (χ2v) is 6.81. The van der Waals surface area contributed by atoms with Crippen LogP contribution in [-0.4, -0.2) is 7.11 Å². The van der Waals surface area contributed by atoms with Gasteiger partial charge in [0, 0.05) is 0 Å². The summed E-state index contributed by atoms with van der Waals surface area (Å²) in [6.45, 7) is 4.20. The maximum Gasteiger partial charge on any atom is 0.169 e. The molecule has 0 aliphatic rings. The molecule has 0 bridgehead atoms. The Labute approximate surface area is 174 Å². The van der Waals surface area contributed by atoms with E-state index in [1.165, 1.54) is 16.7 Å². The number of methoxy groups -OCH3 is 1. The van der Waals surface area contributed by atoms with Crippen LogP contribution in [0.25, 0.3) is 11.6 Å². The standard InChI is InChI=1S/C27H28O2/c1-4-6-13-25(22-11-8-7-9-12-22)23-15-17-24(18-16-23)29-26-19-14-21(10-5-2)20-27(26)28-3/h5,7-20H,4,6H2,1-3H3. The number of ether oxygens (including phenoxy) is 2. The van der Waals surface area contributed by atoms with E-state index >= 15 is 0 Å². The zero-order chi connectivity index (χ0) is 20.5. The van der Waals surface area contributed by atoms with Gasteiger partial charge in [-0.15, -0.1) is 0 Å². The second-order valence-electron chi connectivity index (χ2n) is 6.81. The Hall–Kier alpha value is -3.26. The molecule has 0 aliphatic carbocycles. The van der Waals surface area contributed by atoms with Crippen LogP contribution >= 0.6 is 0 Å². The normalized spacial score (nSPS) is 11.6. The summed E-state index contributed by atoms with van der Waals surface area (Å²) in [5, 5.41) is 0. The molecular weight excluding hydrogens is 356 g/mol. The third-order valence-corrected chi connectivity index (χ3v) is 4.66. The summed E-state index contributed by atoms with van der Waals surface area (Å²) in [6.07, 6.45) is 8.53. The zero-order valence-corrected chi connectivity index (χ0v) is 17.4. The average Bonchev–Trinajstić information content (AvgIpc) is 2.77. The third kappa shape index (κ3) is 5.39. The highest BCUT2D eigenvalue weighted by atomic mass is 16.5. The Bertz CT molecular complexity index is 967. The lowest BCUT2D eigenvalue weighted by Crippen LogP contribution is -1.92. The molecule has 0 saturated heterocycles. The summed E-state index contributed by atoms with van der Waals surface area (Å²) in [5.74, 6) is 2.21. The molecule has 0 unspecified atom stereocenters. The van der Waals surface area contributed by atoms with Crippen LogP contribution in [-0.2, 0) is 0 Å². The monoisotopic (exact) mass is 384 g/mol. The summed E-state index contributed by atoms with van der Waals surface area (Å²) in [5.41, 5.74) is 4.76. The maximum absolute atomic E-state index is 6.09. The van der Waals surface area contributed by atoms with Gasteiger partial charge in [-0.05, 0) is 59.9 Å². The first-order chi connectivity index (χ1) is 14.2. The Kier molecular flexibility index (Phi) is 7.29. The summed E-state index contributed by atoms with van der Waals surface area (Å²) < 4.78 is 11.6. The minimum atomic E-state index is 0.707. The van der Waals surface area contributed by atoms with Gasteiger partial charge in [0.2, 0.25) is 0 Å². The highest BCUT2D eigenvalue weighted by molar-refractivity contribution is 5.80. The molecule has 0 radical (unpaired) electrons. The van der Waals surface area contributed by atoms with Crippen LogP contribution < -0.4 is 9.47 Å². The molecular formula is C27H28O2. The van der Waals surface area contributed by atoms with E-state index in [1.807, 2.05) is 55.5 Å². The predicted molar refractivity (Wildman–Crippen MR) is 123 cm³/mol. The average molecular weight is 385 g/mol.